The van der Waals surface area contributed by atoms with Gasteiger partial charge in [0, 0.05) is 6.54 Å². The largest absolute Gasteiger partial charge is 0.481 e. The van der Waals surface area contributed by atoms with E-state index in [9.17, 15) is 24.2 Å². The molecule has 3 N–H and O–H groups in total. The van der Waals surface area contributed by atoms with E-state index in [1.165, 1.54) is 18.2 Å². The summed E-state index contributed by atoms with van der Waals surface area (Å²) in [5.41, 5.74) is 3.77. The van der Waals surface area contributed by atoms with Crippen LogP contribution in [0.4, 0.5) is 4.39 Å². The number of carboxylic acids is 1. The Morgan fingerprint density at radius 1 is 0.848 bits per heavy atom. The fourth-order valence-electron chi connectivity index (χ4n) is 3.75. The van der Waals surface area contributed by atoms with Crippen LogP contribution in [0.5, 0.6) is 0 Å². The van der Waals surface area contributed by atoms with Crippen LogP contribution in [0.15, 0.2) is 78.9 Å². The fourth-order valence-corrected chi connectivity index (χ4v) is 3.75. The van der Waals surface area contributed by atoms with Crippen molar-refractivity contribution in [1.82, 2.24) is 5.32 Å². The van der Waals surface area contributed by atoms with Crippen LogP contribution in [0.25, 0.3) is 11.1 Å². The molecule has 0 saturated carbocycles. The van der Waals surface area contributed by atoms with E-state index < -0.39 is 23.8 Å². The van der Waals surface area contributed by atoms with Gasteiger partial charge in [-0.1, -0.05) is 66.7 Å². The van der Waals surface area contributed by atoms with Crippen molar-refractivity contribution < 1.29 is 24.2 Å². The molecule has 33 heavy (non-hydrogen) atoms. The first-order valence-corrected chi connectivity index (χ1v) is 11.0. The van der Waals surface area contributed by atoms with E-state index in [1.54, 1.807) is 6.07 Å². The number of aryl methyl sites for hydroxylation is 1. The van der Waals surface area contributed by atoms with Gasteiger partial charge in [0.05, 0.1) is 18.4 Å². The van der Waals surface area contributed by atoms with Gasteiger partial charge in [0.1, 0.15) is 5.82 Å². The van der Waals surface area contributed by atoms with E-state index in [0.29, 0.717) is 18.4 Å². The highest BCUT2D eigenvalue weighted by Gasteiger charge is 2.26. The van der Waals surface area contributed by atoms with E-state index in [-0.39, 0.29) is 25.3 Å². The monoisotopic (exact) mass is 449 g/mol. The van der Waals surface area contributed by atoms with Gasteiger partial charge >= 0.3 is 5.97 Å². The molecule has 6 heteroatoms. The van der Waals surface area contributed by atoms with E-state index >= 15 is 0 Å². The van der Waals surface area contributed by atoms with E-state index in [4.69, 9.17) is 0 Å². The highest BCUT2D eigenvalue weighted by Crippen LogP contribution is 2.21. The maximum absolute atomic E-state index is 13.2. The number of carboxylic acid groups (broad SMARTS) is 1. The van der Waals surface area contributed by atoms with Crippen LogP contribution in [0.2, 0.25) is 0 Å². The maximum atomic E-state index is 13.2. The molecule has 5 nitrogen and oxygen atoms in total. The third-order valence-corrected chi connectivity index (χ3v) is 5.60. The lowest BCUT2D eigenvalue weighted by Gasteiger charge is -2.19. The van der Waals surface area contributed by atoms with Gasteiger partial charge in [-0.25, -0.2) is 4.39 Å². The summed E-state index contributed by atoms with van der Waals surface area (Å²) in [6.07, 6.45) is -0.0587. The molecule has 2 atom stereocenters. The van der Waals surface area contributed by atoms with Crippen LogP contribution in [-0.4, -0.2) is 34.7 Å². The highest BCUT2D eigenvalue weighted by molar-refractivity contribution is 5.78. The Labute approximate surface area is 192 Å². The van der Waals surface area contributed by atoms with E-state index in [1.807, 2.05) is 54.6 Å². The van der Waals surface area contributed by atoms with Gasteiger partial charge in [-0.15, -0.1) is 0 Å². The molecule has 0 saturated heterocycles. The summed E-state index contributed by atoms with van der Waals surface area (Å²) in [5.74, 6) is -2.81. The molecule has 0 bridgehead atoms. The molecule has 2 unspecified atom stereocenters. The number of aliphatic hydroxyl groups is 1. The van der Waals surface area contributed by atoms with Crippen LogP contribution in [-0.2, 0) is 22.4 Å². The molecule has 0 aromatic heterocycles. The van der Waals surface area contributed by atoms with Crippen molar-refractivity contribution in [3.63, 3.8) is 0 Å². The van der Waals surface area contributed by atoms with Gasteiger partial charge < -0.3 is 15.5 Å². The summed E-state index contributed by atoms with van der Waals surface area (Å²) in [4.78, 5) is 23.7. The van der Waals surface area contributed by atoms with Crippen molar-refractivity contribution in [2.24, 2.45) is 5.92 Å². The Kier molecular flexibility index (Phi) is 8.72. The first kappa shape index (κ1) is 24.1. The lowest BCUT2D eigenvalue weighted by atomic mass is 9.93. The molecule has 0 aliphatic heterocycles. The predicted octanol–water partition coefficient (Wildman–Crippen LogP) is 4.24. The number of carbonyl (C=O) groups is 2. The molecular formula is C27H28FNO4. The Morgan fingerprint density at radius 3 is 2.21 bits per heavy atom. The summed E-state index contributed by atoms with van der Waals surface area (Å²) >= 11 is 0. The van der Waals surface area contributed by atoms with Crippen LogP contribution < -0.4 is 5.32 Å². The van der Waals surface area contributed by atoms with Gasteiger partial charge in [0.25, 0.3) is 0 Å². The molecule has 0 heterocycles. The molecule has 0 radical (unpaired) electrons. The first-order chi connectivity index (χ1) is 15.9. The number of rotatable bonds is 11. The average molecular weight is 450 g/mol. The smallest absolute Gasteiger partial charge is 0.309 e. The number of aliphatic hydroxyl groups excluding tert-OH is 1. The summed E-state index contributed by atoms with van der Waals surface area (Å²) in [6.45, 7) is 0.119. The van der Waals surface area contributed by atoms with Crippen molar-refractivity contribution in [1.29, 1.82) is 0 Å². The molecular weight excluding hydrogens is 421 g/mol. The zero-order valence-electron chi connectivity index (χ0n) is 18.3. The van der Waals surface area contributed by atoms with Gasteiger partial charge in [0.15, 0.2) is 0 Å². The molecule has 172 valence electrons. The zero-order chi connectivity index (χ0) is 23.6. The van der Waals surface area contributed by atoms with E-state index in [2.05, 4.69) is 5.32 Å². The maximum Gasteiger partial charge on any atom is 0.309 e. The van der Waals surface area contributed by atoms with Crippen molar-refractivity contribution >= 4 is 11.9 Å². The number of hydrogen-bond donors (Lipinski definition) is 3. The minimum Gasteiger partial charge on any atom is -0.481 e. The Bertz CT molecular complexity index is 1050. The van der Waals surface area contributed by atoms with Crippen molar-refractivity contribution in [3.05, 3.63) is 95.8 Å². The standard InChI is InChI=1S/C27H28FNO4/c28-23-8-4-5-20(17-23)18-26(31)29-16-15-24(27(32)33)25(30)14-11-19-9-12-22(13-10-19)21-6-2-1-3-7-21/h1-10,12-13,17,24-25,30H,11,14-16,18H2,(H,29,31)(H,32,33). The minimum absolute atomic E-state index is 0.0109. The number of benzene rings is 3. The van der Waals surface area contributed by atoms with Crippen LogP contribution in [0.3, 0.4) is 0 Å². The van der Waals surface area contributed by atoms with Gasteiger partial charge in [-0.05, 0) is 53.6 Å². The molecule has 3 aromatic rings. The number of aliphatic carboxylic acids is 1. The zero-order valence-corrected chi connectivity index (χ0v) is 18.3. The average Bonchev–Trinajstić information content (AvgIpc) is 2.81. The number of nitrogens with one attached hydrogen (secondary N) is 1. The Hall–Kier alpha value is -3.51. The van der Waals surface area contributed by atoms with Gasteiger partial charge in [-0.3, -0.25) is 9.59 Å². The number of amides is 1. The Balaban J connectivity index is 1.46. The molecule has 1 amide bonds. The minimum atomic E-state index is -1.10. The molecule has 3 aromatic carbocycles. The molecule has 0 aliphatic rings. The fraction of sp³-hybridized carbons (Fsp3) is 0.259. The second-order valence-corrected chi connectivity index (χ2v) is 8.06. The number of carbonyl (C=O) groups excluding carboxylic acids is 1. The van der Waals surface area contributed by atoms with Crippen molar-refractivity contribution in [2.75, 3.05) is 6.54 Å². The quantitative estimate of drug-likeness (QED) is 0.409. The molecule has 0 spiro atoms. The number of hydrogen-bond acceptors (Lipinski definition) is 3. The second kappa shape index (κ2) is 11.9. The molecule has 3 rings (SSSR count). The van der Waals surface area contributed by atoms with Gasteiger partial charge in [0.2, 0.25) is 5.91 Å². The normalized spacial score (nSPS) is 12.7. The third-order valence-electron chi connectivity index (χ3n) is 5.60. The predicted molar refractivity (Wildman–Crippen MR) is 125 cm³/mol. The lowest BCUT2D eigenvalue weighted by Crippen LogP contribution is -2.34. The summed E-state index contributed by atoms with van der Waals surface area (Å²) in [6, 6.07) is 23.8. The highest BCUT2D eigenvalue weighted by atomic mass is 19.1. The summed E-state index contributed by atoms with van der Waals surface area (Å²) in [5, 5.41) is 22.6. The topological polar surface area (TPSA) is 86.6 Å². The SMILES string of the molecule is O=C(Cc1cccc(F)c1)NCCC(C(=O)O)C(O)CCc1ccc(-c2ccccc2)cc1. The first-order valence-electron chi connectivity index (χ1n) is 11.0. The lowest BCUT2D eigenvalue weighted by molar-refractivity contribution is -0.146. The summed E-state index contributed by atoms with van der Waals surface area (Å²) in [7, 11) is 0. The third kappa shape index (κ3) is 7.54. The van der Waals surface area contributed by atoms with Crippen LogP contribution in [0.1, 0.15) is 24.0 Å². The van der Waals surface area contributed by atoms with Crippen molar-refractivity contribution in [3.8, 4) is 11.1 Å². The molecule has 0 aliphatic carbocycles. The second-order valence-electron chi connectivity index (χ2n) is 8.06. The number of halogens is 1. The summed E-state index contributed by atoms with van der Waals surface area (Å²) < 4.78 is 13.2. The van der Waals surface area contributed by atoms with Crippen LogP contribution >= 0.6 is 0 Å². The van der Waals surface area contributed by atoms with Crippen LogP contribution in [0, 0.1) is 11.7 Å². The van der Waals surface area contributed by atoms with E-state index in [0.717, 1.165) is 16.7 Å². The molecule has 0 fully saturated rings. The van der Waals surface area contributed by atoms with Crippen molar-refractivity contribution in [2.45, 2.75) is 31.8 Å². The van der Waals surface area contributed by atoms with Gasteiger partial charge in [-0.2, -0.15) is 0 Å². The Morgan fingerprint density at radius 2 is 1.55 bits per heavy atom.